The molecular weight excluding hydrogens is 334 g/mol. The van der Waals surface area contributed by atoms with Crippen molar-refractivity contribution in [1.82, 2.24) is 5.32 Å². The van der Waals surface area contributed by atoms with Crippen LogP contribution in [0.4, 0.5) is 0 Å². The fourth-order valence-electron chi connectivity index (χ4n) is 2.03. The number of rotatable bonds is 6. The number of benzene rings is 1. The third kappa shape index (κ3) is 5.08. The number of ether oxygens (including phenoxy) is 1. The van der Waals surface area contributed by atoms with Crippen LogP contribution in [0, 0.1) is 0 Å². The van der Waals surface area contributed by atoms with E-state index in [-0.39, 0.29) is 18.6 Å². The lowest BCUT2D eigenvalue weighted by Gasteiger charge is -2.14. The smallest absolute Gasteiger partial charge is 0.348 e. The molecule has 1 atom stereocenters. The molecule has 0 aliphatic carbocycles. The Kier molecular flexibility index (Phi) is 6.19. The van der Waals surface area contributed by atoms with E-state index < -0.39 is 5.97 Å². The van der Waals surface area contributed by atoms with Gasteiger partial charge in [-0.3, -0.25) is 4.79 Å². The van der Waals surface area contributed by atoms with Crippen LogP contribution in [0.2, 0.25) is 4.34 Å². The molecule has 1 amide bonds. The molecular formula is C17H18ClNO3S. The molecule has 0 saturated heterocycles. The average molecular weight is 352 g/mol. The standard InChI is InChI=1S/C17H18ClNO3S/c1-3-12-4-6-13(7-5-12)11(2)19-16(20)10-22-17(21)14-8-9-15(18)23-14/h4-9,11H,3,10H2,1-2H3,(H,19,20). The molecule has 1 heterocycles. The average Bonchev–Trinajstić information content (AvgIpc) is 2.99. The number of hydrogen-bond acceptors (Lipinski definition) is 4. The van der Waals surface area contributed by atoms with Gasteiger partial charge in [-0.25, -0.2) is 4.79 Å². The molecule has 0 spiro atoms. The van der Waals surface area contributed by atoms with Gasteiger partial charge in [-0.1, -0.05) is 42.8 Å². The highest BCUT2D eigenvalue weighted by Crippen LogP contribution is 2.22. The molecule has 6 heteroatoms. The Balaban J connectivity index is 1.82. The predicted molar refractivity (Wildman–Crippen MR) is 92.0 cm³/mol. The number of amides is 1. The minimum atomic E-state index is -0.544. The van der Waals surface area contributed by atoms with Crippen LogP contribution >= 0.6 is 22.9 Å². The fraction of sp³-hybridized carbons (Fsp3) is 0.294. The first-order valence-electron chi connectivity index (χ1n) is 7.30. The van der Waals surface area contributed by atoms with Gasteiger partial charge in [-0.15, -0.1) is 11.3 Å². The number of esters is 1. The molecule has 0 aliphatic rings. The minimum Gasteiger partial charge on any atom is -0.451 e. The van der Waals surface area contributed by atoms with Crippen molar-refractivity contribution in [2.24, 2.45) is 0 Å². The normalized spacial score (nSPS) is 11.8. The van der Waals surface area contributed by atoms with Crippen LogP contribution < -0.4 is 5.32 Å². The largest absolute Gasteiger partial charge is 0.451 e. The van der Waals surface area contributed by atoms with E-state index >= 15 is 0 Å². The van der Waals surface area contributed by atoms with Crippen LogP contribution in [0.3, 0.4) is 0 Å². The Morgan fingerprint density at radius 1 is 1.22 bits per heavy atom. The second-order valence-electron chi connectivity index (χ2n) is 5.06. The number of nitrogens with one attached hydrogen (secondary N) is 1. The van der Waals surface area contributed by atoms with E-state index in [1.165, 1.54) is 5.56 Å². The summed E-state index contributed by atoms with van der Waals surface area (Å²) in [5.41, 5.74) is 2.25. The number of carbonyl (C=O) groups excluding carboxylic acids is 2. The monoisotopic (exact) mass is 351 g/mol. The molecule has 122 valence electrons. The number of thiophene rings is 1. The van der Waals surface area contributed by atoms with Crippen LogP contribution in [0.15, 0.2) is 36.4 Å². The van der Waals surface area contributed by atoms with Gasteiger partial charge in [0.2, 0.25) is 0 Å². The van der Waals surface area contributed by atoms with E-state index in [4.69, 9.17) is 16.3 Å². The SMILES string of the molecule is CCc1ccc(C(C)NC(=O)COC(=O)c2ccc(Cl)s2)cc1. The summed E-state index contributed by atoms with van der Waals surface area (Å²) < 4.78 is 5.48. The van der Waals surface area contributed by atoms with E-state index in [2.05, 4.69) is 12.2 Å². The van der Waals surface area contributed by atoms with Gasteiger partial charge < -0.3 is 10.1 Å². The molecule has 0 aliphatic heterocycles. The fourth-order valence-corrected chi connectivity index (χ4v) is 2.97. The van der Waals surface area contributed by atoms with E-state index in [1.54, 1.807) is 12.1 Å². The summed E-state index contributed by atoms with van der Waals surface area (Å²) >= 11 is 6.88. The van der Waals surface area contributed by atoms with Crippen molar-refractivity contribution >= 4 is 34.8 Å². The molecule has 0 saturated carbocycles. The van der Waals surface area contributed by atoms with E-state index in [1.807, 2.05) is 31.2 Å². The Labute approximate surface area is 144 Å². The summed E-state index contributed by atoms with van der Waals surface area (Å²) in [6, 6.07) is 11.1. The van der Waals surface area contributed by atoms with Gasteiger partial charge in [-0.2, -0.15) is 0 Å². The maximum absolute atomic E-state index is 11.9. The summed E-state index contributed by atoms with van der Waals surface area (Å²) in [4.78, 5) is 24.0. The summed E-state index contributed by atoms with van der Waals surface area (Å²) in [6.07, 6.45) is 0.976. The summed E-state index contributed by atoms with van der Waals surface area (Å²) in [7, 11) is 0. The Morgan fingerprint density at radius 3 is 2.48 bits per heavy atom. The first-order valence-corrected chi connectivity index (χ1v) is 8.49. The molecule has 0 fully saturated rings. The van der Waals surface area contributed by atoms with Crippen LogP contribution in [0.5, 0.6) is 0 Å². The zero-order valence-corrected chi connectivity index (χ0v) is 14.5. The second-order valence-corrected chi connectivity index (χ2v) is 6.78. The quantitative estimate of drug-likeness (QED) is 0.800. The van der Waals surface area contributed by atoms with Crippen LogP contribution in [0.1, 0.15) is 40.7 Å². The molecule has 0 bridgehead atoms. The van der Waals surface area contributed by atoms with Crippen molar-refractivity contribution in [3.63, 3.8) is 0 Å². The van der Waals surface area contributed by atoms with Gasteiger partial charge in [0.15, 0.2) is 6.61 Å². The maximum atomic E-state index is 11.9. The lowest BCUT2D eigenvalue weighted by atomic mass is 10.1. The van der Waals surface area contributed by atoms with Crippen LogP contribution in [-0.4, -0.2) is 18.5 Å². The highest BCUT2D eigenvalue weighted by atomic mass is 35.5. The second kappa shape index (κ2) is 8.13. The van der Waals surface area contributed by atoms with Crippen molar-refractivity contribution in [2.45, 2.75) is 26.3 Å². The number of hydrogen-bond donors (Lipinski definition) is 1. The lowest BCUT2D eigenvalue weighted by molar-refractivity contribution is -0.124. The van der Waals surface area contributed by atoms with Crippen molar-refractivity contribution in [2.75, 3.05) is 6.61 Å². The molecule has 2 aromatic rings. The Morgan fingerprint density at radius 2 is 1.91 bits per heavy atom. The van der Waals surface area contributed by atoms with Gasteiger partial charge >= 0.3 is 5.97 Å². The third-order valence-corrected chi connectivity index (χ3v) is 4.59. The lowest BCUT2D eigenvalue weighted by Crippen LogP contribution is -2.31. The zero-order valence-electron chi connectivity index (χ0n) is 13.0. The van der Waals surface area contributed by atoms with Crippen molar-refractivity contribution in [1.29, 1.82) is 0 Å². The van der Waals surface area contributed by atoms with E-state index in [0.717, 1.165) is 23.3 Å². The van der Waals surface area contributed by atoms with Gasteiger partial charge in [0.1, 0.15) is 4.88 Å². The van der Waals surface area contributed by atoms with Gasteiger partial charge in [-0.05, 0) is 36.6 Å². The van der Waals surface area contributed by atoms with Gasteiger partial charge in [0.25, 0.3) is 5.91 Å². The molecule has 1 aromatic heterocycles. The molecule has 0 radical (unpaired) electrons. The van der Waals surface area contributed by atoms with Crippen LogP contribution in [-0.2, 0) is 16.0 Å². The Hall–Kier alpha value is -1.85. The highest BCUT2D eigenvalue weighted by Gasteiger charge is 2.14. The highest BCUT2D eigenvalue weighted by molar-refractivity contribution is 7.17. The van der Waals surface area contributed by atoms with Gasteiger partial charge in [0, 0.05) is 0 Å². The molecule has 23 heavy (non-hydrogen) atoms. The van der Waals surface area contributed by atoms with Gasteiger partial charge in [0.05, 0.1) is 10.4 Å². The Bertz CT molecular complexity index is 681. The topological polar surface area (TPSA) is 55.4 Å². The zero-order chi connectivity index (χ0) is 16.8. The molecule has 1 unspecified atom stereocenters. The molecule has 4 nitrogen and oxygen atoms in total. The van der Waals surface area contributed by atoms with E-state index in [9.17, 15) is 9.59 Å². The molecule has 2 rings (SSSR count). The van der Waals surface area contributed by atoms with Crippen molar-refractivity contribution in [3.05, 3.63) is 56.7 Å². The van der Waals surface area contributed by atoms with Crippen molar-refractivity contribution in [3.8, 4) is 0 Å². The summed E-state index contributed by atoms with van der Waals surface area (Å²) in [5, 5.41) is 2.81. The molecule has 1 aromatic carbocycles. The number of carbonyl (C=O) groups is 2. The van der Waals surface area contributed by atoms with Crippen molar-refractivity contribution < 1.29 is 14.3 Å². The first kappa shape index (κ1) is 17.5. The summed E-state index contributed by atoms with van der Waals surface area (Å²) in [6.45, 7) is 3.67. The third-order valence-electron chi connectivity index (χ3n) is 3.37. The van der Waals surface area contributed by atoms with Crippen LogP contribution in [0.25, 0.3) is 0 Å². The minimum absolute atomic E-state index is 0.150. The predicted octanol–water partition coefficient (Wildman–Crippen LogP) is 4.00. The summed E-state index contributed by atoms with van der Waals surface area (Å²) in [5.74, 6) is -0.884. The first-order chi connectivity index (χ1) is 11.0. The number of halogens is 1. The molecule has 1 N–H and O–H groups in total. The maximum Gasteiger partial charge on any atom is 0.348 e. The van der Waals surface area contributed by atoms with E-state index in [0.29, 0.717) is 9.21 Å². The number of aryl methyl sites for hydroxylation is 1.